The van der Waals surface area contributed by atoms with Crippen LogP contribution in [0.3, 0.4) is 0 Å². The van der Waals surface area contributed by atoms with Gasteiger partial charge in [-0.3, -0.25) is 4.90 Å². The van der Waals surface area contributed by atoms with E-state index in [9.17, 15) is 8.42 Å². The second-order valence-electron chi connectivity index (χ2n) is 7.63. The first-order valence-corrected chi connectivity index (χ1v) is 11.9. The third-order valence-corrected chi connectivity index (χ3v) is 6.55. The highest BCUT2D eigenvalue weighted by atomic mass is 32.2. The van der Waals surface area contributed by atoms with Gasteiger partial charge in [0.25, 0.3) is 0 Å². The van der Waals surface area contributed by atoms with Crippen LogP contribution in [0.25, 0.3) is 10.9 Å². The maximum Gasteiger partial charge on any atom is 0.175 e. The lowest BCUT2D eigenvalue weighted by molar-refractivity contribution is 0.220. The molecule has 4 rings (SSSR count). The van der Waals surface area contributed by atoms with Crippen LogP contribution >= 0.6 is 0 Å². The number of hydrogen-bond donors (Lipinski definition) is 1. The average Bonchev–Trinajstić information content (AvgIpc) is 2.73. The zero-order valence-corrected chi connectivity index (χ0v) is 17.5. The Morgan fingerprint density at radius 1 is 1.00 bits per heavy atom. The van der Waals surface area contributed by atoms with Crippen LogP contribution in [0.4, 0.5) is 5.82 Å². The van der Waals surface area contributed by atoms with Gasteiger partial charge in [0.15, 0.2) is 9.84 Å². The molecule has 2 heterocycles. The Hall–Kier alpha value is -2.51. The summed E-state index contributed by atoms with van der Waals surface area (Å²) in [5.41, 5.74) is 3.26. The van der Waals surface area contributed by atoms with Crippen LogP contribution in [0.1, 0.15) is 30.4 Å². The van der Waals surface area contributed by atoms with Crippen molar-refractivity contribution in [2.45, 2.75) is 37.2 Å². The van der Waals surface area contributed by atoms with Crippen LogP contribution in [-0.4, -0.2) is 42.6 Å². The van der Waals surface area contributed by atoms with Crippen LogP contribution in [0.15, 0.2) is 53.7 Å². The van der Waals surface area contributed by atoms with Crippen molar-refractivity contribution in [3.05, 3.63) is 59.9 Å². The molecule has 6 nitrogen and oxygen atoms in total. The van der Waals surface area contributed by atoms with E-state index >= 15 is 0 Å². The van der Waals surface area contributed by atoms with Crippen molar-refractivity contribution in [1.29, 1.82) is 0 Å². The SMILES string of the molecule is CS(=O)(=O)c1ccc2ncnc(NCc3ccccc3CN3CCCCC3)c2c1. The molecule has 1 aliphatic heterocycles. The van der Waals surface area contributed by atoms with Gasteiger partial charge >= 0.3 is 0 Å². The monoisotopic (exact) mass is 410 g/mol. The van der Waals surface area contributed by atoms with Gasteiger partial charge in [-0.05, 0) is 55.3 Å². The lowest BCUT2D eigenvalue weighted by Gasteiger charge is -2.27. The minimum Gasteiger partial charge on any atom is -0.365 e. The fourth-order valence-electron chi connectivity index (χ4n) is 3.83. The van der Waals surface area contributed by atoms with Gasteiger partial charge in [-0.25, -0.2) is 18.4 Å². The van der Waals surface area contributed by atoms with Gasteiger partial charge in [-0.1, -0.05) is 30.7 Å². The summed E-state index contributed by atoms with van der Waals surface area (Å²) in [4.78, 5) is 11.4. The van der Waals surface area contributed by atoms with Gasteiger partial charge in [0, 0.05) is 24.7 Å². The highest BCUT2D eigenvalue weighted by Gasteiger charge is 2.14. The number of fused-ring (bicyclic) bond motifs is 1. The smallest absolute Gasteiger partial charge is 0.175 e. The second-order valence-corrected chi connectivity index (χ2v) is 9.65. The fraction of sp³-hybridized carbons (Fsp3) is 0.364. The molecule has 1 N–H and O–H groups in total. The van der Waals surface area contributed by atoms with E-state index in [1.165, 1.54) is 43.0 Å². The van der Waals surface area contributed by atoms with E-state index in [1.54, 1.807) is 18.2 Å². The van der Waals surface area contributed by atoms with Crippen molar-refractivity contribution in [1.82, 2.24) is 14.9 Å². The molecule has 0 spiro atoms. The second kappa shape index (κ2) is 8.47. The van der Waals surface area contributed by atoms with Crippen LogP contribution in [-0.2, 0) is 22.9 Å². The van der Waals surface area contributed by atoms with E-state index in [1.807, 2.05) is 0 Å². The molecule has 0 unspecified atom stereocenters. The van der Waals surface area contributed by atoms with E-state index in [0.717, 1.165) is 25.2 Å². The predicted octanol–water partition coefficient (Wildman–Crippen LogP) is 3.63. The molecule has 29 heavy (non-hydrogen) atoms. The fourth-order valence-corrected chi connectivity index (χ4v) is 4.48. The summed E-state index contributed by atoms with van der Waals surface area (Å²) < 4.78 is 23.9. The minimum atomic E-state index is -3.29. The summed E-state index contributed by atoms with van der Waals surface area (Å²) >= 11 is 0. The van der Waals surface area contributed by atoms with Crippen molar-refractivity contribution < 1.29 is 8.42 Å². The molecule has 3 aromatic rings. The zero-order valence-electron chi connectivity index (χ0n) is 16.6. The van der Waals surface area contributed by atoms with E-state index in [-0.39, 0.29) is 4.90 Å². The summed E-state index contributed by atoms with van der Waals surface area (Å²) in [7, 11) is -3.29. The molecule has 0 saturated carbocycles. The largest absolute Gasteiger partial charge is 0.365 e. The first kappa shape index (κ1) is 19.8. The standard InChI is InChI=1S/C22H26N4O2S/c1-29(27,28)19-9-10-21-20(13-19)22(25-16-24-21)23-14-17-7-3-4-8-18(17)15-26-11-5-2-6-12-26/h3-4,7-10,13,16H,2,5-6,11-12,14-15H2,1H3,(H,23,24,25). The average molecular weight is 411 g/mol. The summed E-state index contributed by atoms with van der Waals surface area (Å²) in [6.45, 7) is 3.90. The first-order chi connectivity index (χ1) is 14.0. The number of likely N-dealkylation sites (tertiary alicyclic amines) is 1. The van der Waals surface area contributed by atoms with Crippen LogP contribution < -0.4 is 5.32 Å². The van der Waals surface area contributed by atoms with Crippen LogP contribution in [0, 0.1) is 0 Å². The van der Waals surface area contributed by atoms with E-state index in [0.29, 0.717) is 17.7 Å². The number of aromatic nitrogens is 2. The molecular weight excluding hydrogens is 384 g/mol. The number of nitrogens with one attached hydrogen (secondary N) is 1. The normalized spacial score (nSPS) is 15.5. The van der Waals surface area contributed by atoms with E-state index in [4.69, 9.17) is 0 Å². The summed E-state index contributed by atoms with van der Waals surface area (Å²) in [5, 5.41) is 4.11. The van der Waals surface area contributed by atoms with Crippen molar-refractivity contribution in [3.8, 4) is 0 Å². The Morgan fingerprint density at radius 2 is 1.76 bits per heavy atom. The summed E-state index contributed by atoms with van der Waals surface area (Å²) in [6.07, 6.45) is 6.59. The molecule has 0 aliphatic carbocycles. The molecule has 1 aliphatic rings. The molecule has 0 radical (unpaired) electrons. The molecule has 2 aromatic carbocycles. The van der Waals surface area contributed by atoms with Crippen LogP contribution in [0.5, 0.6) is 0 Å². The summed E-state index contributed by atoms with van der Waals surface area (Å²) in [6, 6.07) is 13.4. The third kappa shape index (κ3) is 4.74. The van der Waals surface area contributed by atoms with Gasteiger partial charge in [0.2, 0.25) is 0 Å². The van der Waals surface area contributed by atoms with Gasteiger partial charge < -0.3 is 5.32 Å². The lowest BCUT2D eigenvalue weighted by Crippen LogP contribution is -2.29. The van der Waals surface area contributed by atoms with Gasteiger partial charge in [0.1, 0.15) is 12.1 Å². The number of nitrogens with zero attached hydrogens (tertiary/aromatic N) is 3. The zero-order chi connectivity index (χ0) is 20.3. The molecule has 7 heteroatoms. The lowest BCUT2D eigenvalue weighted by atomic mass is 10.0. The van der Waals surface area contributed by atoms with Gasteiger partial charge in [0.05, 0.1) is 10.4 Å². The topological polar surface area (TPSA) is 75.2 Å². The Bertz CT molecular complexity index is 1110. The Kier molecular flexibility index (Phi) is 5.78. The maximum absolute atomic E-state index is 11.9. The Morgan fingerprint density at radius 3 is 2.52 bits per heavy atom. The van der Waals surface area contributed by atoms with Crippen molar-refractivity contribution in [2.75, 3.05) is 24.7 Å². The number of hydrogen-bond acceptors (Lipinski definition) is 6. The molecule has 152 valence electrons. The molecule has 1 aromatic heterocycles. The van der Waals surface area contributed by atoms with Gasteiger partial charge in [-0.15, -0.1) is 0 Å². The molecule has 0 atom stereocenters. The number of sulfone groups is 1. The predicted molar refractivity (Wildman–Crippen MR) is 116 cm³/mol. The molecule has 1 saturated heterocycles. The maximum atomic E-state index is 11.9. The van der Waals surface area contributed by atoms with Crippen molar-refractivity contribution in [3.63, 3.8) is 0 Å². The highest BCUT2D eigenvalue weighted by molar-refractivity contribution is 7.90. The van der Waals surface area contributed by atoms with Crippen molar-refractivity contribution in [2.24, 2.45) is 0 Å². The number of rotatable bonds is 6. The van der Waals surface area contributed by atoms with Crippen molar-refractivity contribution >= 4 is 26.6 Å². The minimum absolute atomic E-state index is 0.272. The van der Waals surface area contributed by atoms with E-state index in [2.05, 4.69) is 44.5 Å². The third-order valence-electron chi connectivity index (χ3n) is 5.44. The Balaban J connectivity index is 1.57. The number of piperidine rings is 1. The summed E-state index contributed by atoms with van der Waals surface area (Å²) in [5.74, 6) is 0.647. The molecule has 0 bridgehead atoms. The quantitative estimate of drug-likeness (QED) is 0.669. The number of benzene rings is 2. The molecule has 1 fully saturated rings. The first-order valence-electron chi connectivity index (χ1n) is 9.98. The highest BCUT2D eigenvalue weighted by Crippen LogP contribution is 2.24. The number of anilines is 1. The van der Waals surface area contributed by atoms with Crippen LogP contribution in [0.2, 0.25) is 0 Å². The Labute approximate surface area is 171 Å². The van der Waals surface area contributed by atoms with E-state index < -0.39 is 9.84 Å². The van der Waals surface area contributed by atoms with Gasteiger partial charge in [-0.2, -0.15) is 0 Å². The molecular formula is C22H26N4O2S. The molecule has 0 amide bonds.